The van der Waals surface area contributed by atoms with Crippen LogP contribution in [0.2, 0.25) is 0 Å². The van der Waals surface area contributed by atoms with Gasteiger partial charge < -0.3 is 4.74 Å². The second-order valence-corrected chi connectivity index (χ2v) is 8.50. The van der Waals surface area contributed by atoms with Crippen LogP contribution in [0.25, 0.3) is 10.8 Å². The number of aryl methyl sites for hydroxylation is 2. The summed E-state index contributed by atoms with van der Waals surface area (Å²) in [6.45, 7) is 6.66. The van der Waals surface area contributed by atoms with Gasteiger partial charge in [0.25, 0.3) is 0 Å². The summed E-state index contributed by atoms with van der Waals surface area (Å²) in [6.07, 6.45) is 3.78. The van der Waals surface area contributed by atoms with E-state index in [0.29, 0.717) is 0 Å². The highest BCUT2D eigenvalue weighted by atomic mass is 16.5. The van der Waals surface area contributed by atoms with E-state index >= 15 is 0 Å². The molecule has 1 heterocycles. The summed E-state index contributed by atoms with van der Waals surface area (Å²) in [5.74, 6) is 1.70. The van der Waals surface area contributed by atoms with E-state index in [-0.39, 0.29) is 5.41 Å². The van der Waals surface area contributed by atoms with E-state index in [1.807, 2.05) is 24.4 Å². The number of aromatic nitrogens is 1. The lowest BCUT2D eigenvalue weighted by Crippen LogP contribution is -2.10. The average Bonchev–Trinajstić information content (AvgIpc) is 2.73. The molecule has 0 aliphatic carbocycles. The van der Waals surface area contributed by atoms with Crippen LogP contribution in [0.15, 0.2) is 85.1 Å². The number of hydrogen-bond donors (Lipinski definition) is 0. The van der Waals surface area contributed by atoms with Crippen LogP contribution in [-0.2, 0) is 18.3 Å². The molecule has 0 bridgehead atoms. The molecule has 0 aliphatic heterocycles. The van der Waals surface area contributed by atoms with Crippen LogP contribution in [-0.4, -0.2) is 4.98 Å². The van der Waals surface area contributed by atoms with Crippen LogP contribution in [0, 0.1) is 0 Å². The Morgan fingerprint density at radius 2 is 1.48 bits per heavy atom. The van der Waals surface area contributed by atoms with Gasteiger partial charge in [0.2, 0.25) is 0 Å². The molecule has 146 valence electrons. The van der Waals surface area contributed by atoms with Gasteiger partial charge in [0.1, 0.15) is 11.5 Å². The molecular weight excluding hydrogens is 354 g/mol. The standard InChI is InChI=1S/C27H27NO/c1-27(2,3)22-11-14-23(15-12-22)29-24-13-10-21-17-18-28-26(25(21)19-24)16-9-20-7-5-4-6-8-20/h4-8,10-15,17-19H,9,16H2,1-3H3. The van der Waals surface area contributed by atoms with Gasteiger partial charge in [0.05, 0.1) is 0 Å². The van der Waals surface area contributed by atoms with Gasteiger partial charge in [-0.15, -0.1) is 0 Å². The maximum Gasteiger partial charge on any atom is 0.128 e. The first-order valence-corrected chi connectivity index (χ1v) is 10.2. The highest BCUT2D eigenvalue weighted by Gasteiger charge is 2.13. The van der Waals surface area contributed by atoms with E-state index in [1.54, 1.807) is 0 Å². The van der Waals surface area contributed by atoms with Crippen molar-refractivity contribution in [3.63, 3.8) is 0 Å². The van der Waals surface area contributed by atoms with E-state index in [9.17, 15) is 0 Å². The fourth-order valence-corrected chi connectivity index (χ4v) is 3.54. The maximum atomic E-state index is 6.14. The molecule has 0 spiro atoms. The summed E-state index contributed by atoms with van der Waals surface area (Å²) in [5, 5.41) is 2.35. The second-order valence-electron chi connectivity index (χ2n) is 8.50. The van der Waals surface area contributed by atoms with Gasteiger partial charge in [-0.25, -0.2) is 0 Å². The van der Waals surface area contributed by atoms with Crippen molar-refractivity contribution in [3.8, 4) is 11.5 Å². The number of benzene rings is 3. The zero-order chi connectivity index (χ0) is 20.3. The van der Waals surface area contributed by atoms with Crippen molar-refractivity contribution >= 4 is 10.8 Å². The molecule has 0 radical (unpaired) electrons. The fourth-order valence-electron chi connectivity index (χ4n) is 3.54. The lowest BCUT2D eigenvalue weighted by Gasteiger charge is -2.19. The Labute approximate surface area is 173 Å². The Balaban J connectivity index is 1.56. The predicted molar refractivity (Wildman–Crippen MR) is 121 cm³/mol. The van der Waals surface area contributed by atoms with Crippen LogP contribution in [0.5, 0.6) is 11.5 Å². The van der Waals surface area contributed by atoms with Crippen LogP contribution in [0.3, 0.4) is 0 Å². The molecule has 4 aromatic rings. The van der Waals surface area contributed by atoms with E-state index in [4.69, 9.17) is 4.74 Å². The van der Waals surface area contributed by atoms with Gasteiger partial charge in [0, 0.05) is 17.3 Å². The van der Waals surface area contributed by atoms with Gasteiger partial charge in [-0.05, 0) is 65.1 Å². The summed E-state index contributed by atoms with van der Waals surface area (Å²) >= 11 is 0. The Kier molecular flexibility index (Phi) is 5.35. The van der Waals surface area contributed by atoms with Crippen molar-refractivity contribution < 1.29 is 4.74 Å². The third kappa shape index (κ3) is 4.65. The first-order valence-electron chi connectivity index (χ1n) is 10.2. The fraction of sp³-hybridized carbons (Fsp3) is 0.222. The third-order valence-corrected chi connectivity index (χ3v) is 5.27. The number of hydrogen-bond acceptors (Lipinski definition) is 2. The molecule has 0 N–H and O–H groups in total. The topological polar surface area (TPSA) is 22.1 Å². The van der Waals surface area contributed by atoms with Gasteiger partial charge in [-0.1, -0.05) is 69.3 Å². The van der Waals surface area contributed by atoms with Crippen molar-refractivity contribution in [3.05, 3.63) is 102 Å². The molecule has 4 rings (SSSR count). The zero-order valence-electron chi connectivity index (χ0n) is 17.4. The highest BCUT2D eigenvalue weighted by Crippen LogP contribution is 2.29. The van der Waals surface area contributed by atoms with Crippen molar-refractivity contribution in [1.82, 2.24) is 4.98 Å². The second kappa shape index (κ2) is 8.08. The van der Waals surface area contributed by atoms with E-state index in [1.165, 1.54) is 16.5 Å². The third-order valence-electron chi connectivity index (χ3n) is 5.27. The molecule has 0 saturated carbocycles. The Morgan fingerprint density at radius 1 is 0.759 bits per heavy atom. The number of ether oxygens (including phenoxy) is 1. The first-order chi connectivity index (χ1) is 14.0. The van der Waals surface area contributed by atoms with E-state index < -0.39 is 0 Å². The molecule has 0 atom stereocenters. The Bertz CT molecular complexity index is 1090. The average molecular weight is 382 g/mol. The van der Waals surface area contributed by atoms with Crippen molar-refractivity contribution in [2.24, 2.45) is 0 Å². The van der Waals surface area contributed by atoms with Gasteiger partial charge >= 0.3 is 0 Å². The predicted octanol–water partition coefficient (Wildman–Crippen LogP) is 7.11. The summed E-state index contributed by atoms with van der Waals surface area (Å²) < 4.78 is 6.14. The van der Waals surface area contributed by atoms with Crippen molar-refractivity contribution in [2.75, 3.05) is 0 Å². The molecule has 29 heavy (non-hydrogen) atoms. The SMILES string of the molecule is CC(C)(C)c1ccc(Oc2ccc3ccnc(CCc4ccccc4)c3c2)cc1. The van der Waals surface area contributed by atoms with Crippen LogP contribution in [0.4, 0.5) is 0 Å². The highest BCUT2D eigenvalue weighted by molar-refractivity contribution is 5.85. The smallest absolute Gasteiger partial charge is 0.128 e. The summed E-state index contributed by atoms with van der Waals surface area (Å²) in [6, 6.07) is 27.2. The lowest BCUT2D eigenvalue weighted by atomic mass is 9.87. The number of nitrogens with zero attached hydrogens (tertiary/aromatic N) is 1. The quantitative estimate of drug-likeness (QED) is 0.367. The molecular formula is C27H27NO. The minimum atomic E-state index is 0.140. The van der Waals surface area contributed by atoms with E-state index in [0.717, 1.165) is 35.4 Å². The summed E-state index contributed by atoms with van der Waals surface area (Å²) in [7, 11) is 0. The first kappa shape index (κ1) is 19.2. The molecule has 0 unspecified atom stereocenters. The molecule has 1 aromatic heterocycles. The minimum Gasteiger partial charge on any atom is -0.457 e. The Hall–Kier alpha value is -3.13. The van der Waals surface area contributed by atoms with Crippen molar-refractivity contribution in [2.45, 2.75) is 39.0 Å². The van der Waals surface area contributed by atoms with Crippen LogP contribution < -0.4 is 4.74 Å². The largest absolute Gasteiger partial charge is 0.457 e. The maximum absolute atomic E-state index is 6.14. The minimum absolute atomic E-state index is 0.140. The van der Waals surface area contributed by atoms with Crippen LogP contribution >= 0.6 is 0 Å². The summed E-state index contributed by atoms with van der Waals surface area (Å²) in [4.78, 5) is 4.65. The molecule has 2 nitrogen and oxygen atoms in total. The van der Waals surface area contributed by atoms with E-state index in [2.05, 4.69) is 86.4 Å². The Morgan fingerprint density at radius 3 is 2.21 bits per heavy atom. The number of fused-ring (bicyclic) bond motifs is 1. The summed E-state index contributed by atoms with van der Waals surface area (Å²) in [5.41, 5.74) is 3.88. The van der Waals surface area contributed by atoms with Crippen molar-refractivity contribution in [1.29, 1.82) is 0 Å². The zero-order valence-corrected chi connectivity index (χ0v) is 17.4. The molecule has 3 aromatic carbocycles. The normalized spacial score (nSPS) is 11.6. The van der Waals surface area contributed by atoms with Gasteiger partial charge in [-0.2, -0.15) is 0 Å². The number of pyridine rings is 1. The lowest BCUT2D eigenvalue weighted by molar-refractivity contribution is 0.482. The molecule has 0 amide bonds. The van der Waals surface area contributed by atoms with Crippen LogP contribution in [0.1, 0.15) is 37.6 Å². The number of rotatable bonds is 5. The monoisotopic (exact) mass is 381 g/mol. The van der Waals surface area contributed by atoms with Gasteiger partial charge in [-0.3, -0.25) is 4.98 Å². The molecule has 0 saturated heterocycles. The molecule has 0 aliphatic rings. The molecule has 0 fully saturated rings. The molecule has 2 heteroatoms. The van der Waals surface area contributed by atoms with Gasteiger partial charge in [0.15, 0.2) is 0 Å².